The summed E-state index contributed by atoms with van der Waals surface area (Å²) in [6.45, 7) is -0.0168. The molecule has 0 unspecified atom stereocenters. The first kappa shape index (κ1) is 19.0. The molecule has 0 bridgehead atoms. The van der Waals surface area contributed by atoms with Gasteiger partial charge in [-0.15, -0.1) is 0 Å². The van der Waals surface area contributed by atoms with Gasteiger partial charge in [-0.1, -0.05) is 0 Å². The molecule has 0 saturated carbocycles. The van der Waals surface area contributed by atoms with Crippen molar-refractivity contribution in [1.82, 2.24) is 15.1 Å². The fraction of sp³-hybridized carbons (Fsp3) is 0.312. The molecule has 3 rings (SSSR count). The lowest BCUT2D eigenvalue weighted by atomic mass is 10.2. The van der Waals surface area contributed by atoms with Gasteiger partial charge in [0.15, 0.2) is 9.84 Å². The number of hydrogen-bond acceptors (Lipinski definition) is 6. The number of carbonyl (C=O) groups is 2. The minimum absolute atomic E-state index is 0.0555. The van der Waals surface area contributed by atoms with Crippen LogP contribution in [-0.2, 0) is 30.9 Å². The van der Waals surface area contributed by atoms with E-state index in [0.717, 1.165) is 0 Å². The van der Waals surface area contributed by atoms with Crippen LogP contribution in [0.1, 0.15) is 17.7 Å². The van der Waals surface area contributed by atoms with Crippen LogP contribution in [0.2, 0.25) is 0 Å². The van der Waals surface area contributed by atoms with E-state index in [1.54, 1.807) is 0 Å². The lowest BCUT2D eigenvalue weighted by Gasteiger charge is -2.11. The van der Waals surface area contributed by atoms with Crippen LogP contribution in [0.3, 0.4) is 0 Å². The molecular formula is C16H17FN4O5S. The number of nitrogens with one attached hydrogen (secondary N) is 2. The standard InChI is InChI=1S/C16H17FN4O5S/c17-10-2-4-11(5-3-10)21-14(12-8-27(25,26)9-13(12)20-21)19-16(24)15(23)18-6-1-7-22/h2-5,22H,1,6-9H2,(H,18,23)(H,19,24). The van der Waals surface area contributed by atoms with Crippen LogP contribution < -0.4 is 10.6 Å². The normalized spacial score (nSPS) is 14.6. The van der Waals surface area contributed by atoms with Crippen LogP contribution in [0.25, 0.3) is 5.69 Å². The van der Waals surface area contributed by atoms with Gasteiger partial charge in [0.25, 0.3) is 0 Å². The highest BCUT2D eigenvalue weighted by Crippen LogP contribution is 2.32. The van der Waals surface area contributed by atoms with Crippen molar-refractivity contribution in [2.24, 2.45) is 0 Å². The van der Waals surface area contributed by atoms with E-state index in [1.165, 1.54) is 28.9 Å². The smallest absolute Gasteiger partial charge is 0.314 e. The molecule has 0 fully saturated rings. The van der Waals surface area contributed by atoms with Crippen LogP contribution in [0.4, 0.5) is 10.2 Å². The Hall–Kier alpha value is -2.79. The summed E-state index contributed by atoms with van der Waals surface area (Å²) in [5.74, 6) is -2.92. The highest BCUT2D eigenvalue weighted by Gasteiger charge is 2.33. The zero-order chi connectivity index (χ0) is 19.6. The maximum atomic E-state index is 13.2. The van der Waals surface area contributed by atoms with Crippen LogP contribution in [0.5, 0.6) is 0 Å². The van der Waals surface area contributed by atoms with E-state index in [4.69, 9.17) is 5.11 Å². The minimum Gasteiger partial charge on any atom is -0.396 e. The zero-order valence-corrected chi connectivity index (χ0v) is 14.9. The van der Waals surface area contributed by atoms with Crippen molar-refractivity contribution in [3.05, 3.63) is 41.3 Å². The lowest BCUT2D eigenvalue weighted by Crippen LogP contribution is -2.36. The Morgan fingerprint density at radius 2 is 1.89 bits per heavy atom. The van der Waals surface area contributed by atoms with Crippen molar-refractivity contribution in [2.75, 3.05) is 18.5 Å². The quantitative estimate of drug-likeness (QED) is 0.477. The van der Waals surface area contributed by atoms with Crippen molar-refractivity contribution < 1.29 is 27.5 Å². The Balaban J connectivity index is 1.92. The number of aliphatic hydroxyl groups is 1. The molecule has 27 heavy (non-hydrogen) atoms. The Morgan fingerprint density at radius 3 is 2.56 bits per heavy atom. The number of aliphatic hydroxyl groups excluding tert-OH is 1. The number of amides is 2. The Bertz CT molecular complexity index is 985. The molecule has 11 heteroatoms. The molecule has 3 N–H and O–H groups in total. The summed E-state index contributed by atoms with van der Waals surface area (Å²) in [4.78, 5) is 24.0. The van der Waals surface area contributed by atoms with E-state index in [0.29, 0.717) is 17.7 Å². The van der Waals surface area contributed by atoms with E-state index >= 15 is 0 Å². The van der Waals surface area contributed by atoms with Crippen LogP contribution in [0, 0.1) is 5.82 Å². The highest BCUT2D eigenvalue weighted by molar-refractivity contribution is 7.90. The second-order valence-corrected chi connectivity index (χ2v) is 8.05. The Kier molecular flexibility index (Phi) is 5.24. The number of anilines is 1. The van der Waals surface area contributed by atoms with Crippen molar-refractivity contribution in [1.29, 1.82) is 0 Å². The van der Waals surface area contributed by atoms with Gasteiger partial charge in [-0.2, -0.15) is 5.10 Å². The summed E-state index contributed by atoms with van der Waals surface area (Å²) < 4.78 is 38.2. The molecule has 1 aliphatic heterocycles. The van der Waals surface area contributed by atoms with Gasteiger partial charge in [-0.05, 0) is 30.7 Å². The first-order chi connectivity index (χ1) is 12.8. The third kappa shape index (κ3) is 4.14. The minimum atomic E-state index is -3.38. The van der Waals surface area contributed by atoms with Gasteiger partial charge in [0.05, 0.1) is 22.9 Å². The van der Waals surface area contributed by atoms with Crippen molar-refractivity contribution in [3.63, 3.8) is 0 Å². The fourth-order valence-electron chi connectivity index (χ4n) is 2.67. The van der Waals surface area contributed by atoms with E-state index in [1.807, 2.05) is 0 Å². The first-order valence-electron chi connectivity index (χ1n) is 8.08. The first-order valence-corrected chi connectivity index (χ1v) is 9.90. The number of aromatic nitrogens is 2. The molecule has 9 nitrogen and oxygen atoms in total. The number of rotatable bonds is 5. The molecule has 2 heterocycles. The van der Waals surface area contributed by atoms with Gasteiger partial charge in [0.1, 0.15) is 11.6 Å². The van der Waals surface area contributed by atoms with E-state index in [-0.39, 0.29) is 36.2 Å². The van der Waals surface area contributed by atoms with Gasteiger partial charge in [-0.3, -0.25) is 9.59 Å². The van der Waals surface area contributed by atoms with Gasteiger partial charge >= 0.3 is 11.8 Å². The van der Waals surface area contributed by atoms with Gasteiger partial charge < -0.3 is 15.7 Å². The third-order valence-corrected chi connectivity index (χ3v) is 5.36. The third-order valence-electron chi connectivity index (χ3n) is 3.92. The summed E-state index contributed by atoms with van der Waals surface area (Å²) in [6, 6.07) is 5.24. The predicted molar refractivity (Wildman–Crippen MR) is 93.2 cm³/mol. The maximum absolute atomic E-state index is 13.2. The molecule has 0 radical (unpaired) electrons. The number of fused-ring (bicyclic) bond motifs is 1. The summed E-state index contributed by atoms with van der Waals surface area (Å²) in [5.41, 5.74) is 0.977. The number of hydrogen-bond donors (Lipinski definition) is 3. The largest absolute Gasteiger partial charge is 0.396 e. The monoisotopic (exact) mass is 396 g/mol. The molecule has 1 aromatic heterocycles. The van der Waals surface area contributed by atoms with Crippen molar-refractivity contribution in [3.8, 4) is 5.69 Å². The molecule has 144 valence electrons. The average molecular weight is 396 g/mol. The summed E-state index contributed by atoms with van der Waals surface area (Å²) in [7, 11) is -3.38. The molecule has 1 aromatic carbocycles. The van der Waals surface area contributed by atoms with Crippen molar-refractivity contribution in [2.45, 2.75) is 17.9 Å². The SMILES string of the molecule is O=C(NCCCO)C(=O)Nc1c2c(nn1-c1ccc(F)cc1)CS(=O)(=O)C2. The topological polar surface area (TPSA) is 130 Å². The maximum Gasteiger partial charge on any atom is 0.314 e. The summed E-state index contributed by atoms with van der Waals surface area (Å²) in [6.07, 6.45) is 0.292. The van der Waals surface area contributed by atoms with Gasteiger partial charge in [-0.25, -0.2) is 17.5 Å². The average Bonchev–Trinajstić information content (AvgIpc) is 3.08. The molecular weight excluding hydrogens is 379 g/mol. The molecule has 0 saturated heterocycles. The number of benzene rings is 1. The van der Waals surface area contributed by atoms with Crippen LogP contribution >= 0.6 is 0 Å². The molecule has 2 amide bonds. The molecule has 0 spiro atoms. The molecule has 0 aliphatic carbocycles. The second-order valence-electron chi connectivity index (χ2n) is 5.98. The van der Waals surface area contributed by atoms with Gasteiger partial charge in [0.2, 0.25) is 0 Å². The molecule has 2 aromatic rings. The summed E-state index contributed by atoms with van der Waals surface area (Å²) in [5, 5.41) is 17.7. The lowest BCUT2D eigenvalue weighted by molar-refractivity contribution is -0.136. The number of halogens is 1. The van der Waals surface area contributed by atoms with E-state index < -0.39 is 27.5 Å². The second kappa shape index (κ2) is 7.45. The Morgan fingerprint density at radius 1 is 1.19 bits per heavy atom. The molecule has 0 atom stereocenters. The fourth-order valence-corrected chi connectivity index (χ4v) is 4.16. The number of nitrogens with zero attached hydrogens (tertiary/aromatic N) is 2. The van der Waals surface area contributed by atoms with Crippen LogP contribution in [-0.4, -0.2) is 48.3 Å². The highest BCUT2D eigenvalue weighted by atomic mass is 32.2. The number of carbonyl (C=O) groups excluding carboxylic acids is 2. The summed E-state index contributed by atoms with van der Waals surface area (Å²) >= 11 is 0. The predicted octanol–water partition coefficient (Wildman–Crippen LogP) is -0.123. The molecule has 1 aliphatic rings. The zero-order valence-electron chi connectivity index (χ0n) is 14.1. The van der Waals surface area contributed by atoms with Gasteiger partial charge in [0, 0.05) is 18.7 Å². The Labute approximate surface area is 154 Å². The number of sulfone groups is 1. The van der Waals surface area contributed by atoms with E-state index in [2.05, 4.69) is 15.7 Å². The van der Waals surface area contributed by atoms with Crippen molar-refractivity contribution >= 4 is 27.5 Å². The van der Waals surface area contributed by atoms with Crippen LogP contribution in [0.15, 0.2) is 24.3 Å². The van der Waals surface area contributed by atoms with E-state index in [9.17, 15) is 22.4 Å².